The molecule has 0 amide bonds. The first kappa shape index (κ1) is 21.1. The predicted octanol–water partition coefficient (Wildman–Crippen LogP) is 7.66. The van der Waals surface area contributed by atoms with Gasteiger partial charge in [-0.1, -0.05) is 116 Å². The van der Waals surface area contributed by atoms with E-state index >= 15 is 0 Å². The van der Waals surface area contributed by atoms with Crippen LogP contribution < -0.4 is 0 Å². The van der Waals surface area contributed by atoms with Gasteiger partial charge in [0.15, 0.2) is 0 Å². The van der Waals surface area contributed by atoms with Gasteiger partial charge in [-0.05, 0) is 24.0 Å². The molecule has 24 heavy (non-hydrogen) atoms. The first-order chi connectivity index (χ1) is 11.7. The lowest BCUT2D eigenvalue weighted by Gasteiger charge is -2.12. The molecule has 1 aromatic rings. The quantitative estimate of drug-likeness (QED) is 0.327. The number of unbranched alkanes of at least 4 members (excludes halogenated alkanes) is 11. The maximum Gasteiger partial charge on any atom is 0.118 e. The van der Waals surface area contributed by atoms with E-state index in [0.29, 0.717) is 11.7 Å². The third kappa shape index (κ3) is 10.7. The Hall–Kier alpha value is -0.980. The van der Waals surface area contributed by atoms with Gasteiger partial charge < -0.3 is 5.11 Å². The number of para-hydroxylation sites is 1. The largest absolute Gasteiger partial charge is 0.508 e. The first-order valence-electron chi connectivity index (χ1n) is 10.5. The molecular formula is C23H40O. The molecule has 1 rings (SSSR count). The van der Waals surface area contributed by atoms with Crippen LogP contribution in [0.5, 0.6) is 5.75 Å². The Morgan fingerprint density at radius 3 is 1.79 bits per heavy atom. The summed E-state index contributed by atoms with van der Waals surface area (Å²) in [6.07, 6.45) is 19.2. The van der Waals surface area contributed by atoms with Crippen LogP contribution in [0.4, 0.5) is 0 Å². The van der Waals surface area contributed by atoms with Crippen molar-refractivity contribution >= 4 is 0 Å². The maximum atomic E-state index is 9.83. The summed E-state index contributed by atoms with van der Waals surface area (Å²) in [5.74, 6) is 1.13. The molecule has 0 aliphatic carbocycles. The van der Waals surface area contributed by atoms with Gasteiger partial charge in [0.25, 0.3) is 0 Å². The molecule has 0 aromatic heterocycles. The molecular weight excluding hydrogens is 292 g/mol. The van der Waals surface area contributed by atoms with Crippen molar-refractivity contribution in [3.05, 3.63) is 29.8 Å². The van der Waals surface area contributed by atoms with Crippen LogP contribution in [0.3, 0.4) is 0 Å². The third-order valence-corrected chi connectivity index (χ3v) is 5.11. The molecule has 1 aromatic carbocycles. The lowest BCUT2D eigenvalue weighted by molar-refractivity contribution is 0.444. The van der Waals surface area contributed by atoms with E-state index in [1.807, 2.05) is 18.2 Å². The predicted molar refractivity (Wildman–Crippen MR) is 107 cm³/mol. The van der Waals surface area contributed by atoms with Crippen LogP contribution in [-0.2, 0) is 6.42 Å². The van der Waals surface area contributed by atoms with E-state index in [-0.39, 0.29) is 0 Å². The van der Waals surface area contributed by atoms with Crippen molar-refractivity contribution in [2.75, 3.05) is 0 Å². The zero-order valence-electron chi connectivity index (χ0n) is 16.2. The Balaban J connectivity index is 1.89. The van der Waals surface area contributed by atoms with Crippen molar-refractivity contribution in [2.24, 2.45) is 5.92 Å². The Kier molecular flexibility index (Phi) is 12.6. The van der Waals surface area contributed by atoms with Gasteiger partial charge in [0.2, 0.25) is 0 Å². The molecule has 0 radical (unpaired) electrons. The van der Waals surface area contributed by atoms with Gasteiger partial charge in [0.05, 0.1) is 0 Å². The van der Waals surface area contributed by atoms with Gasteiger partial charge in [0, 0.05) is 0 Å². The van der Waals surface area contributed by atoms with E-state index in [1.54, 1.807) is 6.07 Å². The number of aromatic hydroxyl groups is 1. The maximum absolute atomic E-state index is 9.83. The molecule has 0 fully saturated rings. The number of phenols is 1. The van der Waals surface area contributed by atoms with Crippen molar-refractivity contribution in [1.82, 2.24) is 0 Å². The minimum atomic E-state index is 0.457. The Labute approximate surface area is 150 Å². The van der Waals surface area contributed by atoms with Gasteiger partial charge in [-0.15, -0.1) is 0 Å². The molecule has 1 atom stereocenters. The fraction of sp³-hybridized carbons (Fsp3) is 0.739. The molecule has 1 unspecified atom stereocenters. The minimum Gasteiger partial charge on any atom is -0.508 e. The van der Waals surface area contributed by atoms with Crippen LogP contribution in [0.25, 0.3) is 0 Å². The highest BCUT2D eigenvalue weighted by Crippen LogP contribution is 2.22. The number of phenolic OH excluding ortho intramolecular Hbond substituents is 1. The normalized spacial score (nSPS) is 12.4. The van der Waals surface area contributed by atoms with Crippen LogP contribution >= 0.6 is 0 Å². The van der Waals surface area contributed by atoms with Crippen molar-refractivity contribution in [3.8, 4) is 5.75 Å². The highest BCUT2D eigenvalue weighted by atomic mass is 16.3. The molecule has 0 bridgehead atoms. The monoisotopic (exact) mass is 332 g/mol. The van der Waals surface area contributed by atoms with Crippen LogP contribution in [0.1, 0.15) is 103 Å². The summed E-state index contributed by atoms with van der Waals surface area (Å²) in [6.45, 7) is 4.59. The highest BCUT2D eigenvalue weighted by Gasteiger charge is 2.06. The summed E-state index contributed by atoms with van der Waals surface area (Å²) in [6, 6.07) is 7.76. The Bertz CT molecular complexity index is 399. The zero-order valence-corrected chi connectivity index (χ0v) is 16.2. The van der Waals surface area contributed by atoms with Gasteiger partial charge in [-0.25, -0.2) is 0 Å². The van der Waals surface area contributed by atoms with Crippen LogP contribution in [0.2, 0.25) is 0 Å². The average Bonchev–Trinajstić information content (AvgIpc) is 2.58. The van der Waals surface area contributed by atoms with Gasteiger partial charge in [-0.2, -0.15) is 0 Å². The Morgan fingerprint density at radius 1 is 0.750 bits per heavy atom. The van der Waals surface area contributed by atoms with E-state index in [0.717, 1.165) is 12.0 Å². The van der Waals surface area contributed by atoms with Crippen molar-refractivity contribution < 1.29 is 5.11 Å². The SMILES string of the molecule is CCCCCCCCCCCCCCC(C)Cc1ccccc1O. The standard InChI is InChI=1S/C23H40O/c1-3-4-5-6-7-8-9-10-11-12-13-14-17-21(2)20-22-18-15-16-19-23(22)24/h15-16,18-19,21,24H,3-14,17,20H2,1-2H3. The number of hydrogen-bond donors (Lipinski definition) is 1. The summed E-state index contributed by atoms with van der Waals surface area (Å²) in [5.41, 5.74) is 1.10. The van der Waals surface area contributed by atoms with E-state index in [4.69, 9.17) is 0 Å². The van der Waals surface area contributed by atoms with Crippen LogP contribution in [0, 0.1) is 5.92 Å². The van der Waals surface area contributed by atoms with Crippen LogP contribution in [0.15, 0.2) is 24.3 Å². The van der Waals surface area contributed by atoms with Crippen molar-refractivity contribution in [3.63, 3.8) is 0 Å². The lowest BCUT2D eigenvalue weighted by Crippen LogP contribution is -2.00. The molecule has 0 aliphatic rings. The number of benzene rings is 1. The zero-order chi connectivity index (χ0) is 17.5. The molecule has 0 saturated heterocycles. The molecule has 1 N–H and O–H groups in total. The molecule has 0 aliphatic heterocycles. The third-order valence-electron chi connectivity index (χ3n) is 5.11. The summed E-state index contributed by atoms with van der Waals surface area (Å²) < 4.78 is 0. The van der Waals surface area contributed by atoms with E-state index in [1.165, 1.54) is 83.5 Å². The average molecular weight is 333 g/mol. The van der Waals surface area contributed by atoms with Gasteiger partial charge >= 0.3 is 0 Å². The van der Waals surface area contributed by atoms with E-state index in [9.17, 15) is 5.11 Å². The summed E-state index contributed by atoms with van der Waals surface area (Å²) in [4.78, 5) is 0. The lowest BCUT2D eigenvalue weighted by atomic mass is 9.94. The second-order valence-corrected chi connectivity index (χ2v) is 7.62. The highest BCUT2D eigenvalue weighted by molar-refractivity contribution is 5.31. The molecule has 1 nitrogen and oxygen atoms in total. The minimum absolute atomic E-state index is 0.457. The molecule has 0 heterocycles. The molecule has 0 spiro atoms. The van der Waals surface area contributed by atoms with E-state index in [2.05, 4.69) is 13.8 Å². The summed E-state index contributed by atoms with van der Waals surface area (Å²) in [5, 5.41) is 9.83. The first-order valence-corrected chi connectivity index (χ1v) is 10.5. The van der Waals surface area contributed by atoms with Gasteiger partial charge in [0.1, 0.15) is 5.75 Å². The topological polar surface area (TPSA) is 20.2 Å². The molecule has 1 heteroatoms. The second-order valence-electron chi connectivity index (χ2n) is 7.62. The smallest absolute Gasteiger partial charge is 0.118 e. The summed E-state index contributed by atoms with van der Waals surface area (Å²) in [7, 11) is 0. The Morgan fingerprint density at radius 2 is 1.25 bits per heavy atom. The number of rotatable bonds is 15. The second kappa shape index (κ2) is 14.4. The van der Waals surface area contributed by atoms with Crippen molar-refractivity contribution in [1.29, 1.82) is 0 Å². The fourth-order valence-electron chi connectivity index (χ4n) is 3.49. The summed E-state index contributed by atoms with van der Waals surface area (Å²) >= 11 is 0. The van der Waals surface area contributed by atoms with Gasteiger partial charge in [-0.3, -0.25) is 0 Å². The van der Waals surface area contributed by atoms with E-state index < -0.39 is 0 Å². The molecule has 0 saturated carbocycles. The molecule has 138 valence electrons. The van der Waals surface area contributed by atoms with Crippen LogP contribution in [-0.4, -0.2) is 5.11 Å². The number of hydrogen-bond acceptors (Lipinski definition) is 1. The van der Waals surface area contributed by atoms with Crippen molar-refractivity contribution in [2.45, 2.75) is 104 Å². The fourth-order valence-corrected chi connectivity index (χ4v) is 3.49.